The molecule has 2 rings (SSSR count). The van der Waals surface area contributed by atoms with Crippen LogP contribution in [0.4, 0.5) is 0 Å². The molecule has 2 nitrogen and oxygen atoms in total. The van der Waals surface area contributed by atoms with E-state index in [-0.39, 0.29) is 0 Å². The molecule has 0 fully saturated rings. The Morgan fingerprint density at radius 3 is 3.08 bits per heavy atom. The van der Waals surface area contributed by atoms with Crippen LogP contribution in [0.15, 0.2) is 21.2 Å². The predicted molar refractivity (Wildman–Crippen MR) is 51.5 cm³/mol. The van der Waals surface area contributed by atoms with Gasteiger partial charge in [0.15, 0.2) is 5.58 Å². The molecule has 4 heteroatoms. The maximum Gasteiger partial charge on any atom is 0.156 e. The second kappa shape index (κ2) is 2.75. The van der Waals surface area contributed by atoms with Crippen LogP contribution in [0.2, 0.25) is 5.15 Å². The van der Waals surface area contributed by atoms with Gasteiger partial charge in [-0.25, -0.2) is 4.98 Å². The molecule has 0 spiro atoms. The molecule has 2 heterocycles. The zero-order valence-electron chi connectivity index (χ0n) is 6.27. The number of hydrogen-bond acceptors (Lipinski definition) is 2. The van der Waals surface area contributed by atoms with Gasteiger partial charge in [-0.3, -0.25) is 0 Å². The molecule has 0 saturated carbocycles. The lowest BCUT2D eigenvalue weighted by Gasteiger charge is -1.94. The molecule has 0 N–H and O–H groups in total. The van der Waals surface area contributed by atoms with Crippen LogP contribution in [-0.2, 0) is 0 Å². The molecule has 0 radical (unpaired) electrons. The number of aryl methyl sites for hydroxylation is 1. The van der Waals surface area contributed by atoms with Crippen LogP contribution < -0.4 is 0 Å². The van der Waals surface area contributed by atoms with Gasteiger partial charge in [-0.15, -0.1) is 0 Å². The van der Waals surface area contributed by atoms with Crippen LogP contribution in [-0.4, -0.2) is 4.98 Å². The van der Waals surface area contributed by atoms with E-state index in [1.807, 2.05) is 6.92 Å². The van der Waals surface area contributed by atoms with Crippen molar-refractivity contribution in [1.29, 1.82) is 0 Å². The van der Waals surface area contributed by atoms with E-state index in [1.54, 1.807) is 12.3 Å². The fraction of sp³-hybridized carbons (Fsp3) is 0.125. The number of furan rings is 1. The highest BCUT2D eigenvalue weighted by Gasteiger charge is 2.08. The van der Waals surface area contributed by atoms with Crippen LogP contribution in [0.5, 0.6) is 0 Å². The van der Waals surface area contributed by atoms with E-state index >= 15 is 0 Å². The second-order valence-corrected chi connectivity index (χ2v) is 3.76. The summed E-state index contributed by atoms with van der Waals surface area (Å²) < 4.78 is 6.10. The third-order valence-corrected chi connectivity index (χ3v) is 2.39. The Morgan fingerprint density at radius 2 is 2.33 bits per heavy atom. The smallest absolute Gasteiger partial charge is 0.156 e. The normalized spacial score (nSPS) is 10.9. The van der Waals surface area contributed by atoms with Crippen LogP contribution in [0.1, 0.15) is 5.56 Å². The lowest BCUT2D eigenvalue weighted by Crippen LogP contribution is -1.79. The van der Waals surface area contributed by atoms with Crippen molar-refractivity contribution in [3.8, 4) is 0 Å². The maximum atomic E-state index is 5.78. The molecule has 0 atom stereocenters. The molecule has 12 heavy (non-hydrogen) atoms. The topological polar surface area (TPSA) is 26.0 Å². The Kier molecular flexibility index (Phi) is 1.85. The molecule has 0 saturated heterocycles. The minimum atomic E-state index is 0.488. The summed E-state index contributed by atoms with van der Waals surface area (Å²) in [5.74, 6) is 0. The molecular formula is C8H5BrClNO. The lowest BCUT2D eigenvalue weighted by atomic mass is 10.2. The van der Waals surface area contributed by atoms with Crippen molar-refractivity contribution < 1.29 is 4.42 Å². The number of fused-ring (bicyclic) bond motifs is 1. The first-order chi connectivity index (χ1) is 5.68. The summed E-state index contributed by atoms with van der Waals surface area (Å²) in [6.07, 6.45) is 1.61. The average molecular weight is 246 g/mol. The molecule has 0 aliphatic rings. The number of nitrogens with zero attached hydrogens (tertiary/aromatic N) is 1. The monoisotopic (exact) mass is 245 g/mol. The quantitative estimate of drug-likeness (QED) is 0.664. The first-order valence-corrected chi connectivity index (χ1v) is 4.55. The van der Waals surface area contributed by atoms with Crippen molar-refractivity contribution in [2.45, 2.75) is 6.92 Å². The molecule has 2 aromatic rings. The second-order valence-electron chi connectivity index (χ2n) is 2.52. The van der Waals surface area contributed by atoms with E-state index in [0.29, 0.717) is 5.15 Å². The van der Waals surface area contributed by atoms with E-state index in [0.717, 1.165) is 21.1 Å². The van der Waals surface area contributed by atoms with Crippen molar-refractivity contribution in [3.05, 3.63) is 27.5 Å². The van der Waals surface area contributed by atoms with Gasteiger partial charge in [0.1, 0.15) is 16.9 Å². The van der Waals surface area contributed by atoms with Gasteiger partial charge in [0.05, 0.1) is 4.47 Å². The van der Waals surface area contributed by atoms with Crippen molar-refractivity contribution >= 4 is 38.6 Å². The van der Waals surface area contributed by atoms with Crippen molar-refractivity contribution in [2.24, 2.45) is 0 Å². The van der Waals surface area contributed by atoms with E-state index in [9.17, 15) is 0 Å². The van der Waals surface area contributed by atoms with Gasteiger partial charge in [-0.05, 0) is 34.5 Å². The van der Waals surface area contributed by atoms with Crippen LogP contribution in [0.25, 0.3) is 11.1 Å². The third kappa shape index (κ3) is 1.13. The maximum absolute atomic E-state index is 5.78. The van der Waals surface area contributed by atoms with Crippen molar-refractivity contribution in [3.63, 3.8) is 0 Å². The molecule has 0 aliphatic heterocycles. The first-order valence-electron chi connectivity index (χ1n) is 3.38. The highest BCUT2D eigenvalue weighted by molar-refractivity contribution is 9.10. The Morgan fingerprint density at radius 1 is 1.58 bits per heavy atom. The average Bonchev–Trinajstić information content (AvgIpc) is 2.33. The summed E-state index contributed by atoms with van der Waals surface area (Å²) in [4.78, 5) is 4.12. The molecule has 0 bridgehead atoms. The minimum absolute atomic E-state index is 0.488. The summed E-state index contributed by atoms with van der Waals surface area (Å²) in [5.41, 5.74) is 2.56. The number of hydrogen-bond donors (Lipinski definition) is 0. The lowest BCUT2D eigenvalue weighted by molar-refractivity contribution is 0.611. The molecule has 0 unspecified atom stereocenters. The van der Waals surface area contributed by atoms with Gasteiger partial charge in [0, 0.05) is 0 Å². The molecule has 0 aliphatic carbocycles. The fourth-order valence-electron chi connectivity index (χ4n) is 1.10. The number of aromatic nitrogens is 1. The van der Waals surface area contributed by atoms with Gasteiger partial charge in [0.25, 0.3) is 0 Å². The van der Waals surface area contributed by atoms with Crippen molar-refractivity contribution in [1.82, 2.24) is 4.98 Å². The highest BCUT2D eigenvalue weighted by Crippen LogP contribution is 2.28. The highest BCUT2D eigenvalue weighted by atomic mass is 79.9. The summed E-state index contributed by atoms with van der Waals surface area (Å²) in [5, 5.41) is 0.488. The van der Waals surface area contributed by atoms with Gasteiger partial charge in [-0.2, -0.15) is 0 Å². The SMILES string of the molecule is Cc1cc(Cl)nc2c(Br)coc12. The first kappa shape index (κ1) is 8.08. The molecule has 0 amide bonds. The molecular weight excluding hydrogens is 241 g/mol. The van der Waals surface area contributed by atoms with Crippen LogP contribution in [0.3, 0.4) is 0 Å². The van der Waals surface area contributed by atoms with Crippen LogP contribution >= 0.6 is 27.5 Å². The standard InChI is InChI=1S/C8H5BrClNO/c1-4-2-6(10)11-7-5(9)3-12-8(4)7/h2-3H,1H3. The number of pyridine rings is 1. The van der Waals surface area contributed by atoms with Gasteiger partial charge in [0.2, 0.25) is 0 Å². The fourth-order valence-corrected chi connectivity index (χ4v) is 1.71. The molecule has 0 aromatic carbocycles. The summed E-state index contributed by atoms with van der Waals surface area (Å²) in [6.45, 7) is 1.94. The predicted octanol–water partition coefficient (Wildman–Crippen LogP) is 3.55. The number of rotatable bonds is 0. The largest absolute Gasteiger partial charge is 0.461 e. The summed E-state index contributed by atoms with van der Waals surface area (Å²) >= 11 is 9.10. The van der Waals surface area contributed by atoms with Gasteiger partial charge >= 0.3 is 0 Å². The Bertz CT molecular complexity index is 438. The minimum Gasteiger partial charge on any atom is -0.461 e. The number of halogens is 2. The zero-order valence-corrected chi connectivity index (χ0v) is 8.61. The van der Waals surface area contributed by atoms with E-state index in [1.165, 1.54) is 0 Å². The summed E-state index contributed by atoms with van der Waals surface area (Å²) in [7, 11) is 0. The molecule has 2 aromatic heterocycles. The third-order valence-electron chi connectivity index (χ3n) is 1.63. The zero-order chi connectivity index (χ0) is 8.72. The van der Waals surface area contributed by atoms with E-state index in [2.05, 4.69) is 20.9 Å². The van der Waals surface area contributed by atoms with Gasteiger partial charge in [-0.1, -0.05) is 11.6 Å². The summed E-state index contributed by atoms with van der Waals surface area (Å²) in [6, 6.07) is 1.78. The Balaban J connectivity index is 2.92. The van der Waals surface area contributed by atoms with E-state index in [4.69, 9.17) is 16.0 Å². The molecule has 62 valence electrons. The van der Waals surface area contributed by atoms with E-state index < -0.39 is 0 Å². The Hall–Kier alpha value is -0.540. The van der Waals surface area contributed by atoms with Crippen LogP contribution in [0, 0.1) is 6.92 Å². The Labute approximate surface area is 82.7 Å². The van der Waals surface area contributed by atoms with Crippen molar-refractivity contribution in [2.75, 3.05) is 0 Å². The van der Waals surface area contributed by atoms with Gasteiger partial charge < -0.3 is 4.42 Å².